The fourth-order valence-corrected chi connectivity index (χ4v) is 0.962. The third kappa shape index (κ3) is 2.83. The fourth-order valence-electron chi connectivity index (χ4n) is 0.962. The minimum atomic E-state index is -0.821. The minimum Gasteiger partial charge on any atom is -0.481 e. The van der Waals surface area contributed by atoms with Crippen LogP contribution in [0.5, 0.6) is 0 Å². The molecule has 0 saturated heterocycles. The van der Waals surface area contributed by atoms with E-state index in [2.05, 4.69) is 10.3 Å². The maximum absolute atomic E-state index is 10.3. The number of aryl methyl sites for hydroxylation is 1. The van der Waals surface area contributed by atoms with Crippen molar-refractivity contribution in [2.45, 2.75) is 39.2 Å². The minimum absolute atomic E-state index is 0.0402. The summed E-state index contributed by atoms with van der Waals surface area (Å²) in [7, 11) is 0. The predicted octanol–water partition coefficient (Wildman–Crippen LogP) is 1.05. The Morgan fingerprint density at radius 2 is 2.21 bits per heavy atom. The van der Waals surface area contributed by atoms with E-state index >= 15 is 0 Å². The monoisotopic (exact) mass is 197 g/mol. The summed E-state index contributed by atoms with van der Waals surface area (Å²) in [5.74, 6) is -0.821. The molecule has 1 aromatic heterocycles. The maximum Gasteiger partial charge on any atom is 0.305 e. The number of nitrogens with zero attached hydrogens (tertiary/aromatic N) is 3. The van der Waals surface area contributed by atoms with Crippen molar-refractivity contribution in [2.24, 2.45) is 0 Å². The molecule has 0 aromatic carbocycles. The number of hydrogen-bond donors (Lipinski definition) is 1. The standard InChI is InChI=1S/C9H15N3O2/c1-9(2,3)7-6-12(11-10-7)5-4-8(13)14/h6H,4-5H2,1-3H3,(H,13,14). The van der Waals surface area contributed by atoms with Gasteiger partial charge in [0.15, 0.2) is 0 Å². The highest BCUT2D eigenvalue weighted by Crippen LogP contribution is 2.18. The summed E-state index contributed by atoms with van der Waals surface area (Å²) in [5.41, 5.74) is 0.837. The van der Waals surface area contributed by atoms with Gasteiger partial charge in [0.05, 0.1) is 18.7 Å². The number of aromatic nitrogens is 3. The van der Waals surface area contributed by atoms with Crippen LogP contribution in [0.25, 0.3) is 0 Å². The predicted molar refractivity (Wildman–Crippen MR) is 51.0 cm³/mol. The molecule has 0 unspecified atom stereocenters. The fraction of sp³-hybridized carbons (Fsp3) is 0.667. The van der Waals surface area contributed by atoms with Crippen molar-refractivity contribution < 1.29 is 9.90 Å². The molecular weight excluding hydrogens is 182 g/mol. The lowest BCUT2D eigenvalue weighted by atomic mass is 9.93. The Kier molecular flexibility index (Phi) is 2.88. The average Bonchev–Trinajstić information content (AvgIpc) is 2.47. The van der Waals surface area contributed by atoms with E-state index in [1.807, 2.05) is 20.8 Å². The lowest BCUT2D eigenvalue weighted by Crippen LogP contribution is -2.11. The van der Waals surface area contributed by atoms with Gasteiger partial charge in [-0.2, -0.15) is 0 Å². The molecule has 0 saturated carbocycles. The largest absolute Gasteiger partial charge is 0.481 e. The van der Waals surface area contributed by atoms with Crippen LogP contribution in [0.1, 0.15) is 32.9 Å². The normalized spacial score (nSPS) is 11.6. The Morgan fingerprint density at radius 3 is 2.64 bits per heavy atom. The summed E-state index contributed by atoms with van der Waals surface area (Å²) in [6, 6.07) is 0. The van der Waals surface area contributed by atoms with Gasteiger partial charge in [-0.1, -0.05) is 26.0 Å². The molecule has 1 N–H and O–H groups in total. The molecule has 0 amide bonds. The highest BCUT2D eigenvalue weighted by Gasteiger charge is 2.17. The second kappa shape index (κ2) is 3.77. The number of rotatable bonds is 3. The van der Waals surface area contributed by atoms with Crippen LogP contribution >= 0.6 is 0 Å². The number of carboxylic acids is 1. The van der Waals surface area contributed by atoms with Crippen LogP contribution < -0.4 is 0 Å². The molecule has 0 aliphatic heterocycles. The van der Waals surface area contributed by atoms with E-state index in [1.165, 1.54) is 0 Å². The molecule has 1 heterocycles. The molecule has 0 atom stereocenters. The van der Waals surface area contributed by atoms with Gasteiger partial charge in [-0.3, -0.25) is 9.48 Å². The van der Waals surface area contributed by atoms with Gasteiger partial charge < -0.3 is 5.11 Å². The molecule has 0 fully saturated rings. The molecule has 5 nitrogen and oxygen atoms in total. The van der Waals surface area contributed by atoms with E-state index in [1.54, 1.807) is 10.9 Å². The van der Waals surface area contributed by atoms with Crippen molar-refractivity contribution in [2.75, 3.05) is 0 Å². The van der Waals surface area contributed by atoms with Crippen LogP contribution in [-0.2, 0) is 16.8 Å². The lowest BCUT2D eigenvalue weighted by Gasteiger charge is -2.12. The first kappa shape index (κ1) is 10.7. The molecular formula is C9H15N3O2. The first-order chi connectivity index (χ1) is 6.39. The molecule has 14 heavy (non-hydrogen) atoms. The zero-order chi connectivity index (χ0) is 10.8. The van der Waals surface area contributed by atoms with Gasteiger partial charge in [0.25, 0.3) is 0 Å². The van der Waals surface area contributed by atoms with Gasteiger partial charge in [-0.15, -0.1) is 5.10 Å². The van der Waals surface area contributed by atoms with E-state index < -0.39 is 5.97 Å². The Labute approximate surface area is 82.7 Å². The van der Waals surface area contributed by atoms with Crippen LogP contribution in [0.3, 0.4) is 0 Å². The molecule has 0 aliphatic rings. The third-order valence-corrected chi connectivity index (χ3v) is 1.86. The summed E-state index contributed by atoms with van der Waals surface area (Å²) in [5, 5.41) is 16.3. The van der Waals surface area contributed by atoms with Crippen LogP contribution in [0.2, 0.25) is 0 Å². The number of aliphatic carboxylic acids is 1. The SMILES string of the molecule is CC(C)(C)c1cn(CCC(=O)O)nn1. The summed E-state index contributed by atoms with van der Waals surface area (Å²) in [6.45, 7) is 6.49. The van der Waals surface area contributed by atoms with E-state index in [4.69, 9.17) is 5.11 Å². The van der Waals surface area contributed by atoms with Crippen molar-refractivity contribution in [3.8, 4) is 0 Å². The Balaban J connectivity index is 2.64. The molecule has 0 aliphatic carbocycles. The van der Waals surface area contributed by atoms with Gasteiger partial charge in [-0.25, -0.2) is 0 Å². The quantitative estimate of drug-likeness (QED) is 0.786. The molecule has 5 heteroatoms. The molecule has 0 bridgehead atoms. The summed E-state index contributed by atoms with van der Waals surface area (Å²) >= 11 is 0. The van der Waals surface area contributed by atoms with Crippen LogP contribution in [0, 0.1) is 0 Å². The Bertz CT molecular complexity index is 325. The lowest BCUT2D eigenvalue weighted by molar-refractivity contribution is -0.137. The number of carboxylic acid groups (broad SMARTS) is 1. The van der Waals surface area contributed by atoms with Gasteiger partial charge in [0.2, 0.25) is 0 Å². The third-order valence-electron chi connectivity index (χ3n) is 1.86. The van der Waals surface area contributed by atoms with Crippen molar-refractivity contribution in [3.05, 3.63) is 11.9 Å². The first-order valence-corrected chi connectivity index (χ1v) is 4.52. The molecule has 0 spiro atoms. The van der Waals surface area contributed by atoms with E-state index in [0.717, 1.165) is 5.69 Å². The topological polar surface area (TPSA) is 68.0 Å². The highest BCUT2D eigenvalue weighted by molar-refractivity contribution is 5.66. The zero-order valence-corrected chi connectivity index (χ0v) is 8.69. The number of hydrogen-bond acceptors (Lipinski definition) is 3. The zero-order valence-electron chi connectivity index (χ0n) is 8.69. The van der Waals surface area contributed by atoms with Gasteiger partial charge >= 0.3 is 5.97 Å². The van der Waals surface area contributed by atoms with Crippen molar-refractivity contribution >= 4 is 5.97 Å². The van der Waals surface area contributed by atoms with Crippen LogP contribution in [0.4, 0.5) is 0 Å². The van der Waals surface area contributed by atoms with Gasteiger partial charge in [-0.05, 0) is 0 Å². The van der Waals surface area contributed by atoms with Crippen molar-refractivity contribution in [1.29, 1.82) is 0 Å². The van der Waals surface area contributed by atoms with Crippen molar-refractivity contribution in [3.63, 3.8) is 0 Å². The molecule has 1 aromatic rings. The van der Waals surface area contributed by atoms with E-state index in [-0.39, 0.29) is 11.8 Å². The molecule has 78 valence electrons. The van der Waals surface area contributed by atoms with Crippen LogP contribution in [-0.4, -0.2) is 26.1 Å². The number of carbonyl (C=O) groups is 1. The highest BCUT2D eigenvalue weighted by atomic mass is 16.4. The second-order valence-electron chi connectivity index (χ2n) is 4.26. The summed E-state index contributed by atoms with van der Waals surface area (Å²) < 4.78 is 1.56. The summed E-state index contributed by atoms with van der Waals surface area (Å²) in [6.07, 6.45) is 1.87. The smallest absolute Gasteiger partial charge is 0.305 e. The maximum atomic E-state index is 10.3. The van der Waals surface area contributed by atoms with Crippen molar-refractivity contribution in [1.82, 2.24) is 15.0 Å². The van der Waals surface area contributed by atoms with E-state index in [9.17, 15) is 4.79 Å². The summed E-state index contributed by atoms with van der Waals surface area (Å²) in [4.78, 5) is 10.3. The Hall–Kier alpha value is -1.39. The van der Waals surface area contributed by atoms with Crippen LogP contribution in [0.15, 0.2) is 6.20 Å². The van der Waals surface area contributed by atoms with E-state index in [0.29, 0.717) is 6.54 Å². The molecule has 0 radical (unpaired) electrons. The average molecular weight is 197 g/mol. The Morgan fingerprint density at radius 1 is 1.57 bits per heavy atom. The molecule has 1 rings (SSSR count). The first-order valence-electron chi connectivity index (χ1n) is 4.52. The second-order valence-corrected chi connectivity index (χ2v) is 4.26. The van der Waals surface area contributed by atoms with Gasteiger partial charge in [0, 0.05) is 11.6 Å². The van der Waals surface area contributed by atoms with Gasteiger partial charge in [0.1, 0.15) is 0 Å².